The van der Waals surface area contributed by atoms with E-state index in [1.54, 1.807) is 42.5 Å². The summed E-state index contributed by atoms with van der Waals surface area (Å²) in [4.78, 5) is 20.6. The predicted octanol–water partition coefficient (Wildman–Crippen LogP) is 26.3. The van der Waals surface area contributed by atoms with Crippen molar-refractivity contribution in [3.8, 4) is 0 Å². The molecule has 0 spiro atoms. The molecule has 3 aromatic heterocycles. The molecule has 0 fully saturated rings. The van der Waals surface area contributed by atoms with Gasteiger partial charge in [-0.3, -0.25) is 0 Å². The zero-order chi connectivity index (χ0) is 73.3. The Balaban J connectivity index is 0.000000225. The molecule has 0 radical (unpaired) electrons. The molecule has 0 amide bonds. The van der Waals surface area contributed by atoms with Crippen LogP contribution in [0.15, 0.2) is 102 Å². The highest BCUT2D eigenvalue weighted by atomic mass is 79.9. The number of aliphatic hydroxyl groups is 1. The molecule has 0 bridgehead atoms. The number of hydrogen-bond acceptors (Lipinski definition) is 13. The number of aliphatic hydroxyl groups excluding tert-OH is 1. The Morgan fingerprint density at radius 2 is 0.848 bits per heavy atom. The van der Waals surface area contributed by atoms with Gasteiger partial charge in [0.05, 0.1) is 72.8 Å². The second kappa shape index (κ2) is 40.5. The lowest BCUT2D eigenvalue weighted by atomic mass is 10.3. The Labute approximate surface area is 667 Å². The van der Waals surface area contributed by atoms with Crippen molar-refractivity contribution >= 4 is 257 Å². The molecule has 9 rings (SSSR count). The average Bonchev–Trinajstić information content (AvgIpc) is 1.66. The molecule has 0 aliphatic heterocycles. The number of benzene rings is 6. The van der Waals surface area contributed by atoms with Crippen LogP contribution in [-0.4, -0.2) is 106 Å². The number of thiol groups is 1. The van der Waals surface area contributed by atoms with E-state index in [1.165, 1.54) is 23.5 Å². The molecule has 0 aliphatic rings. The number of aromatic amines is 1. The van der Waals surface area contributed by atoms with E-state index in [-0.39, 0.29) is 26.8 Å². The van der Waals surface area contributed by atoms with E-state index in [9.17, 15) is 0 Å². The first-order valence-electron chi connectivity index (χ1n) is 31.1. The van der Waals surface area contributed by atoms with Gasteiger partial charge in [-0.1, -0.05) is 241 Å². The van der Waals surface area contributed by atoms with Crippen LogP contribution in [0.4, 0.5) is 0 Å². The van der Waals surface area contributed by atoms with Crippen LogP contribution in [0.5, 0.6) is 0 Å². The van der Waals surface area contributed by atoms with Crippen molar-refractivity contribution in [2.75, 3.05) is 40.0 Å². The van der Waals surface area contributed by atoms with E-state index in [2.05, 4.69) is 117 Å². The maximum absolute atomic E-state index is 9.16. The minimum Gasteiger partial charge on any atom is -0.388 e. The van der Waals surface area contributed by atoms with Crippen LogP contribution < -0.4 is 0 Å². The molecular formula is C66H81BrCl12N6O7S3Si4. The van der Waals surface area contributed by atoms with E-state index < -0.39 is 32.3 Å². The van der Waals surface area contributed by atoms with Crippen LogP contribution in [-0.2, 0) is 61.7 Å². The SMILES string of the molecule is C[Si](C)(C)CCOCOCc1nc2cc(Br)c(Cl)c(Cl)c2n1COCC[Si](C)(C)C.C[Si](C)(C)CCOCOCc1nc2cc(Sc3ccc(Cl)cc3Cl)c(Cl)c(Cl)c2n1COCC[Si](C)(C)C.OCc1nc2c(Cl)c(Cl)c(Sc3ccc(Cl)cc3Cl)cc2[nH]1.Sc1ccc(Cl)cc1Cl. The largest absolute Gasteiger partial charge is 0.388 e. The Kier molecular flexibility index (Phi) is 35.7. The third-order valence-corrected chi connectivity index (χ3v) is 29.2. The van der Waals surface area contributed by atoms with Crippen molar-refractivity contribution in [1.29, 1.82) is 0 Å². The molecule has 0 saturated carbocycles. The third-order valence-electron chi connectivity index (χ3n) is 14.1. The second-order valence-electron chi connectivity index (χ2n) is 27.4. The van der Waals surface area contributed by atoms with Gasteiger partial charge in [-0.05, 0) is 113 Å². The van der Waals surface area contributed by atoms with Gasteiger partial charge in [0.15, 0.2) is 0 Å². The van der Waals surface area contributed by atoms with Crippen molar-refractivity contribution < 1.29 is 33.5 Å². The van der Waals surface area contributed by atoms with Gasteiger partial charge < -0.3 is 47.6 Å². The van der Waals surface area contributed by atoms with Crippen LogP contribution in [0.3, 0.4) is 0 Å². The second-order valence-corrected chi connectivity index (χ2v) is 58.2. The summed E-state index contributed by atoms with van der Waals surface area (Å²) in [5, 5.41) is 15.1. The number of halogens is 13. The summed E-state index contributed by atoms with van der Waals surface area (Å²) in [7, 11) is -4.64. The van der Waals surface area contributed by atoms with Crippen molar-refractivity contribution in [3.05, 3.63) is 155 Å². The van der Waals surface area contributed by atoms with Crippen LogP contribution in [0.25, 0.3) is 33.1 Å². The summed E-state index contributed by atoms with van der Waals surface area (Å²) in [6.07, 6.45) is 0. The number of imidazole rings is 3. The topological polar surface area (TPSA) is 140 Å². The van der Waals surface area contributed by atoms with Crippen molar-refractivity contribution in [1.82, 2.24) is 29.1 Å². The summed E-state index contributed by atoms with van der Waals surface area (Å²) < 4.78 is 39.6. The standard InChI is InChI=1S/C26H36Cl4N2O3SSi2.C20H33BrCl2N2O3Si2.C14H8Cl4N2OS.C6H4Cl2S/c1-37(2,3)11-9-33-16-32-23(15-35-17-34-10-12-38(4,5)6)31-20-14-22(24(29)25(30)26(20)32)36-21-8-7-18(27)13-19(21)28;1-29(2,3)9-7-26-13-25-17(12-28-14-27-8-10-30(4,5)6)24-16-11-15(21)18(22)19(23)20(16)25;15-6-1-2-9(7(16)3-6)22-10-4-8-14(13(18)12(10)17)20-11(5-21)19-8;7-4-1-2-6(9)5(8)3-4/h7-8,13-14H,9-12,15-17H2,1-6H3;11H,7-10,12-14H2,1-6H3;1-4,21H,5H2,(H,19,20);1-3,9H. The minimum atomic E-state index is -1.22. The van der Waals surface area contributed by atoms with Gasteiger partial charge in [0.2, 0.25) is 0 Å². The molecule has 6 aromatic carbocycles. The van der Waals surface area contributed by atoms with E-state index in [1.807, 2.05) is 39.5 Å². The Morgan fingerprint density at radius 1 is 0.455 bits per heavy atom. The first-order valence-corrected chi connectivity index (χ1v) is 53.3. The summed E-state index contributed by atoms with van der Waals surface area (Å²) in [6.45, 7) is 32.2. The monoisotopic (exact) mass is 1780 g/mol. The predicted molar refractivity (Wildman–Crippen MR) is 440 cm³/mol. The van der Waals surface area contributed by atoms with Gasteiger partial charge in [-0.25, -0.2) is 15.0 Å². The Morgan fingerprint density at radius 3 is 1.26 bits per heavy atom. The van der Waals surface area contributed by atoms with Crippen LogP contribution >= 0.6 is 191 Å². The molecule has 0 aliphatic carbocycles. The minimum absolute atomic E-state index is 0.200. The average molecular weight is 1780 g/mol. The van der Waals surface area contributed by atoms with Crippen LogP contribution in [0, 0.1) is 0 Å². The maximum Gasteiger partial charge on any atom is 0.147 e. The fourth-order valence-corrected chi connectivity index (χ4v) is 17.1. The number of ether oxygens (including phenoxy) is 6. The summed E-state index contributed by atoms with van der Waals surface area (Å²) in [5.41, 5.74) is 4.17. The highest BCUT2D eigenvalue weighted by molar-refractivity contribution is 9.10. The first kappa shape index (κ1) is 87.2. The quantitative estimate of drug-likeness (QED) is 0.0135. The van der Waals surface area contributed by atoms with Crippen LogP contribution in [0.1, 0.15) is 17.5 Å². The molecule has 542 valence electrons. The highest BCUT2D eigenvalue weighted by Crippen LogP contribution is 2.46. The lowest BCUT2D eigenvalue weighted by Crippen LogP contribution is -2.22. The molecule has 0 unspecified atom stereocenters. The molecule has 2 N–H and O–H groups in total. The first-order chi connectivity index (χ1) is 46.3. The van der Waals surface area contributed by atoms with Gasteiger partial charge in [0.1, 0.15) is 69.9 Å². The normalized spacial score (nSPS) is 12.1. The van der Waals surface area contributed by atoms with Crippen LogP contribution in [0.2, 0.25) is 163 Å². The van der Waals surface area contributed by atoms with Gasteiger partial charge in [0, 0.05) is 103 Å². The van der Waals surface area contributed by atoms with Crippen molar-refractivity contribution in [2.45, 2.75) is 161 Å². The van der Waals surface area contributed by atoms with E-state index >= 15 is 0 Å². The molecule has 3 heterocycles. The zero-order valence-electron chi connectivity index (χ0n) is 56.8. The van der Waals surface area contributed by atoms with E-state index in [4.69, 9.17) is 183 Å². The lowest BCUT2D eigenvalue weighted by molar-refractivity contribution is -0.0610. The fraction of sp³-hybridized carbons (Fsp3) is 0.409. The number of fused-ring (bicyclic) bond motifs is 3. The van der Waals surface area contributed by atoms with Gasteiger partial charge >= 0.3 is 0 Å². The zero-order valence-corrected chi connectivity index (χ0v) is 74.0. The molecule has 33 heteroatoms. The molecular weight excluding hydrogens is 1700 g/mol. The number of H-pyrrole nitrogens is 1. The Bertz CT molecular complexity index is 4180. The van der Waals surface area contributed by atoms with Gasteiger partial charge in [0.25, 0.3) is 0 Å². The van der Waals surface area contributed by atoms with Crippen molar-refractivity contribution in [2.24, 2.45) is 0 Å². The van der Waals surface area contributed by atoms with Gasteiger partial charge in [-0.2, -0.15) is 0 Å². The van der Waals surface area contributed by atoms with Crippen molar-refractivity contribution in [3.63, 3.8) is 0 Å². The Hall–Kier alpha value is -0.672. The molecule has 0 atom stereocenters. The summed E-state index contributed by atoms with van der Waals surface area (Å²) in [6, 6.07) is 25.7. The molecule has 13 nitrogen and oxygen atoms in total. The highest BCUT2D eigenvalue weighted by Gasteiger charge is 2.24. The number of nitrogens with one attached hydrogen (secondary N) is 1. The summed E-state index contributed by atoms with van der Waals surface area (Å²) in [5.74, 6) is 1.87. The number of hydrogen-bond donors (Lipinski definition) is 3. The fourth-order valence-electron chi connectivity index (χ4n) is 8.49. The maximum atomic E-state index is 9.16. The molecule has 9 aromatic rings. The number of aromatic nitrogens is 6. The van der Waals surface area contributed by atoms with E-state index in [0.29, 0.717) is 133 Å². The third kappa shape index (κ3) is 28.4. The number of rotatable bonds is 29. The molecule has 99 heavy (non-hydrogen) atoms. The lowest BCUT2D eigenvalue weighted by Gasteiger charge is -2.17. The van der Waals surface area contributed by atoms with Gasteiger partial charge in [-0.15, -0.1) is 12.6 Å². The van der Waals surface area contributed by atoms with E-state index in [0.717, 1.165) is 77.6 Å². The summed E-state index contributed by atoms with van der Waals surface area (Å²) >= 11 is 85.2. The molecule has 0 saturated heterocycles. The number of nitrogens with zero attached hydrogens (tertiary/aromatic N) is 5. The smallest absolute Gasteiger partial charge is 0.147 e.